The highest BCUT2D eigenvalue weighted by molar-refractivity contribution is 5.96. The molecular formula is C25H26N2O4. The number of nitrogens with one attached hydrogen (secondary N) is 1. The number of amides is 2. The average Bonchev–Trinajstić information content (AvgIpc) is 2.76. The molecule has 1 aliphatic heterocycles. The van der Waals surface area contributed by atoms with E-state index in [1.54, 1.807) is 4.90 Å². The molecule has 2 aromatic rings. The number of nitrogens with zero attached hydrogens (tertiary/aromatic N) is 1. The molecule has 0 fully saturated rings. The van der Waals surface area contributed by atoms with Crippen molar-refractivity contribution in [3.63, 3.8) is 0 Å². The molecular weight excluding hydrogens is 392 g/mol. The van der Waals surface area contributed by atoms with Gasteiger partial charge < -0.3 is 15.3 Å². The van der Waals surface area contributed by atoms with E-state index in [0.29, 0.717) is 19.5 Å². The molecule has 2 N–H and O–H groups in total. The molecule has 160 valence electrons. The quantitative estimate of drug-likeness (QED) is 0.482. The maximum Gasteiger partial charge on any atom is 0.303 e. The number of carbonyl (C=O) groups is 3. The van der Waals surface area contributed by atoms with Gasteiger partial charge in [0.2, 0.25) is 11.8 Å². The maximum atomic E-state index is 13.1. The van der Waals surface area contributed by atoms with Crippen LogP contribution in [-0.2, 0) is 20.9 Å². The van der Waals surface area contributed by atoms with Gasteiger partial charge in [-0.3, -0.25) is 14.4 Å². The standard InChI is InChI=1S/C25H26N2O4/c28-23(26-17-7-1-2-12-25(30)31)15-16-24(29)27-18-21-10-4-3-8-19(21)13-14-20-9-5-6-11-22(20)27/h3-6,8-11H,1-2,7,12,15-18H2,(H,26,28)(H,30,31). The Kier molecular flexibility index (Phi) is 7.83. The number of aliphatic carboxylic acids is 1. The number of hydrogen-bond acceptors (Lipinski definition) is 3. The van der Waals surface area contributed by atoms with Crippen molar-refractivity contribution in [2.45, 2.75) is 45.1 Å². The molecule has 1 aliphatic rings. The van der Waals surface area contributed by atoms with Crippen LogP contribution >= 0.6 is 0 Å². The second kappa shape index (κ2) is 11.0. The van der Waals surface area contributed by atoms with Crippen molar-refractivity contribution >= 4 is 23.5 Å². The number of para-hydroxylation sites is 1. The van der Waals surface area contributed by atoms with Crippen LogP contribution < -0.4 is 10.2 Å². The van der Waals surface area contributed by atoms with E-state index >= 15 is 0 Å². The first-order valence-corrected chi connectivity index (χ1v) is 10.5. The largest absolute Gasteiger partial charge is 0.481 e. The fraction of sp³-hybridized carbons (Fsp3) is 0.320. The summed E-state index contributed by atoms with van der Waals surface area (Å²) in [5.41, 5.74) is 3.42. The smallest absolute Gasteiger partial charge is 0.303 e. The first-order chi connectivity index (χ1) is 15.0. The minimum Gasteiger partial charge on any atom is -0.481 e. The second-order valence-corrected chi connectivity index (χ2v) is 7.46. The van der Waals surface area contributed by atoms with E-state index in [1.165, 1.54) is 0 Å². The number of benzene rings is 2. The molecule has 0 aromatic heterocycles. The van der Waals surface area contributed by atoms with E-state index in [9.17, 15) is 14.4 Å². The molecule has 6 nitrogen and oxygen atoms in total. The summed E-state index contributed by atoms with van der Waals surface area (Å²) < 4.78 is 0. The van der Waals surface area contributed by atoms with Crippen LogP contribution in [-0.4, -0.2) is 29.4 Å². The monoisotopic (exact) mass is 418 g/mol. The van der Waals surface area contributed by atoms with Crippen molar-refractivity contribution < 1.29 is 19.5 Å². The molecule has 1 heterocycles. The summed E-state index contributed by atoms with van der Waals surface area (Å²) in [5.74, 6) is 5.25. The van der Waals surface area contributed by atoms with Gasteiger partial charge in [-0.25, -0.2) is 0 Å². The molecule has 0 unspecified atom stereocenters. The zero-order valence-electron chi connectivity index (χ0n) is 17.4. The highest BCUT2D eigenvalue weighted by Gasteiger charge is 2.21. The van der Waals surface area contributed by atoms with E-state index in [4.69, 9.17) is 5.11 Å². The van der Waals surface area contributed by atoms with E-state index in [0.717, 1.165) is 35.2 Å². The molecule has 31 heavy (non-hydrogen) atoms. The Labute approximate surface area is 182 Å². The second-order valence-electron chi connectivity index (χ2n) is 7.46. The summed E-state index contributed by atoms with van der Waals surface area (Å²) in [5, 5.41) is 11.4. The summed E-state index contributed by atoms with van der Waals surface area (Å²) >= 11 is 0. The van der Waals surface area contributed by atoms with Gasteiger partial charge in [-0.15, -0.1) is 0 Å². The Morgan fingerprint density at radius 1 is 0.871 bits per heavy atom. The summed E-state index contributed by atoms with van der Waals surface area (Å²) in [6.45, 7) is 0.897. The predicted molar refractivity (Wildman–Crippen MR) is 118 cm³/mol. The van der Waals surface area contributed by atoms with Crippen LogP contribution in [0.1, 0.15) is 55.2 Å². The van der Waals surface area contributed by atoms with Crippen LogP contribution in [0.3, 0.4) is 0 Å². The minimum absolute atomic E-state index is 0.106. The van der Waals surface area contributed by atoms with E-state index < -0.39 is 5.97 Å². The molecule has 0 saturated carbocycles. The first-order valence-electron chi connectivity index (χ1n) is 10.5. The molecule has 2 amide bonds. The van der Waals surface area contributed by atoms with Gasteiger partial charge in [0.15, 0.2) is 0 Å². The molecule has 2 aromatic carbocycles. The number of carboxylic acids is 1. The fourth-order valence-corrected chi connectivity index (χ4v) is 3.46. The molecule has 0 spiro atoms. The van der Waals surface area contributed by atoms with Crippen molar-refractivity contribution in [2.75, 3.05) is 11.4 Å². The number of fused-ring (bicyclic) bond motifs is 2. The third-order valence-corrected chi connectivity index (χ3v) is 5.13. The van der Waals surface area contributed by atoms with Crippen LogP contribution in [0.5, 0.6) is 0 Å². The SMILES string of the molecule is O=C(O)CCCCCNC(=O)CCC(=O)N1Cc2ccccc2C#Cc2ccccc21. The maximum absolute atomic E-state index is 13.1. The zero-order chi connectivity index (χ0) is 22.1. The van der Waals surface area contributed by atoms with Crippen LogP contribution in [0.15, 0.2) is 48.5 Å². The van der Waals surface area contributed by atoms with Crippen molar-refractivity contribution in [3.8, 4) is 11.8 Å². The lowest BCUT2D eigenvalue weighted by Crippen LogP contribution is -2.33. The lowest BCUT2D eigenvalue weighted by molar-refractivity contribution is -0.137. The Balaban J connectivity index is 1.58. The highest BCUT2D eigenvalue weighted by Crippen LogP contribution is 2.26. The van der Waals surface area contributed by atoms with Crippen molar-refractivity contribution in [1.29, 1.82) is 0 Å². The Morgan fingerprint density at radius 2 is 1.58 bits per heavy atom. The normalized spacial score (nSPS) is 11.8. The third-order valence-electron chi connectivity index (χ3n) is 5.13. The minimum atomic E-state index is -0.804. The lowest BCUT2D eigenvalue weighted by atomic mass is 10.0. The van der Waals surface area contributed by atoms with E-state index in [-0.39, 0.29) is 31.1 Å². The van der Waals surface area contributed by atoms with Crippen LogP contribution in [0, 0.1) is 11.8 Å². The number of carboxylic acid groups (broad SMARTS) is 1. The van der Waals surface area contributed by atoms with Gasteiger partial charge in [-0.05, 0) is 36.6 Å². The van der Waals surface area contributed by atoms with Gasteiger partial charge >= 0.3 is 5.97 Å². The van der Waals surface area contributed by atoms with Crippen molar-refractivity contribution in [3.05, 3.63) is 65.2 Å². The molecule has 6 heteroatoms. The molecule has 0 saturated heterocycles. The van der Waals surface area contributed by atoms with Crippen LogP contribution in [0.2, 0.25) is 0 Å². The Morgan fingerprint density at radius 3 is 2.39 bits per heavy atom. The number of carbonyl (C=O) groups excluding carboxylic acids is 2. The average molecular weight is 418 g/mol. The first kappa shape index (κ1) is 22.1. The van der Waals surface area contributed by atoms with E-state index in [1.807, 2.05) is 48.5 Å². The van der Waals surface area contributed by atoms with Crippen molar-refractivity contribution in [2.24, 2.45) is 0 Å². The molecule has 0 radical (unpaired) electrons. The topological polar surface area (TPSA) is 86.7 Å². The van der Waals surface area contributed by atoms with E-state index in [2.05, 4.69) is 17.2 Å². The van der Waals surface area contributed by atoms with Gasteiger partial charge in [0.1, 0.15) is 0 Å². The predicted octanol–water partition coefficient (Wildman–Crippen LogP) is 3.47. The molecule has 0 atom stereocenters. The van der Waals surface area contributed by atoms with Gasteiger partial charge in [0, 0.05) is 36.9 Å². The Bertz CT molecular complexity index is 1020. The van der Waals surface area contributed by atoms with Crippen LogP contribution in [0.4, 0.5) is 5.69 Å². The Hall–Kier alpha value is -3.59. The highest BCUT2D eigenvalue weighted by atomic mass is 16.4. The third kappa shape index (κ3) is 6.45. The fourth-order valence-electron chi connectivity index (χ4n) is 3.46. The summed E-state index contributed by atoms with van der Waals surface area (Å²) in [4.78, 5) is 37.4. The zero-order valence-corrected chi connectivity index (χ0v) is 17.4. The van der Waals surface area contributed by atoms with Gasteiger partial charge in [0.25, 0.3) is 0 Å². The van der Waals surface area contributed by atoms with Gasteiger partial charge in [0.05, 0.1) is 12.2 Å². The molecule has 3 rings (SSSR count). The summed E-state index contributed by atoms with van der Waals surface area (Å²) in [6.07, 6.45) is 2.43. The lowest BCUT2D eigenvalue weighted by Gasteiger charge is -2.26. The molecule has 0 aliphatic carbocycles. The van der Waals surface area contributed by atoms with Gasteiger partial charge in [-0.2, -0.15) is 0 Å². The van der Waals surface area contributed by atoms with Gasteiger partial charge in [-0.1, -0.05) is 48.6 Å². The number of anilines is 1. The van der Waals surface area contributed by atoms with Crippen LogP contribution in [0.25, 0.3) is 0 Å². The number of rotatable bonds is 9. The number of unbranched alkanes of at least 4 members (excludes halogenated alkanes) is 2. The summed E-state index contributed by atoms with van der Waals surface area (Å²) in [6, 6.07) is 15.3. The van der Waals surface area contributed by atoms with Crippen molar-refractivity contribution in [1.82, 2.24) is 5.32 Å². The molecule has 0 bridgehead atoms. The number of hydrogen-bond donors (Lipinski definition) is 2. The summed E-state index contributed by atoms with van der Waals surface area (Å²) in [7, 11) is 0.